The molecule has 0 saturated heterocycles. The number of nitrogen functional groups attached to an aromatic ring is 1. The third kappa shape index (κ3) is 2.83. The van der Waals surface area contributed by atoms with Crippen LogP contribution in [-0.4, -0.2) is 15.5 Å². The van der Waals surface area contributed by atoms with Crippen LogP contribution < -0.4 is 16.6 Å². The first-order chi connectivity index (χ1) is 12.4. The van der Waals surface area contributed by atoms with Gasteiger partial charge in [0.05, 0.1) is 5.56 Å². The zero-order valence-electron chi connectivity index (χ0n) is 14.7. The average Bonchev–Trinajstić information content (AvgIpc) is 3.43. The fourth-order valence-electron chi connectivity index (χ4n) is 3.14. The number of carbonyl (C=O) groups is 1. The second-order valence-corrected chi connectivity index (χ2v) is 6.91. The highest BCUT2D eigenvalue weighted by molar-refractivity contribution is 6.00. The fraction of sp³-hybridized carbons (Fsp3) is 0.250. The highest BCUT2D eigenvalue weighted by atomic mass is 16.2. The largest absolute Gasteiger partial charge is 0.398 e. The molecule has 2 aromatic heterocycles. The molecule has 1 amide bonds. The highest BCUT2D eigenvalue weighted by Crippen LogP contribution is 2.32. The lowest BCUT2D eigenvalue weighted by molar-refractivity contribution is -0.117. The lowest BCUT2D eigenvalue weighted by Gasteiger charge is -2.11. The Morgan fingerprint density at radius 3 is 2.81 bits per heavy atom. The van der Waals surface area contributed by atoms with E-state index in [9.17, 15) is 9.59 Å². The minimum atomic E-state index is -0.0694. The van der Waals surface area contributed by atoms with E-state index in [4.69, 9.17) is 5.73 Å². The van der Waals surface area contributed by atoms with Crippen molar-refractivity contribution >= 4 is 28.2 Å². The van der Waals surface area contributed by atoms with E-state index in [0.29, 0.717) is 17.1 Å². The van der Waals surface area contributed by atoms with Crippen LogP contribution in [0.4, 0.5) is 11.5 Å². The number of nitrogens with two attached hydrogens (primary N) is 1. The number of nitrogens with one attached hydrogen (secondary N) is 1. The first kappa shape index (κ1) is 16.3. The summed E-state index contributed by atoms with van der Waals surface area (Å²) < 4.78 is 1.55. The Bertz CT molecular complexity index is 1100. The van der Waals surface area contributed by atoms with Gasteiger partial charge in [-0.1, -0.05) is 0 Å². The quantitative estimate of drug-likeness (QED) is 0.712. The standard InChI is InChI=1S/C20H20N4O2/c1-11-5-6-24(2)20(26)18(11)14-7-13-9-17(23-19(25)12-3-4-12)22-10-15(13)16(21)8-14/h5-10,12H,3-4,21H2,1-2H3,(H,22,23,25). The predicted molar refractivity (Wildman–Crippen MR) is 103 cm³/mol. The molecule has 0 radical (unpaired) electrons. The zero-order valence-corrected chi connectivity index (χ0v) is 14.7. The average molecular weight is 348 g/mol. The van der Waals surface area contributed by atoms with Gasteiger partial charge in [0.1, 0.15) is 5.82 Å². The van der Waals surface area contributed by atoms with Gasteiger partial charge < -0.3 is 15.6 Å². The second-order valence-electron chi connectivity index (χ2n) is 6.91. The van der Waals surface area contributed by atoms with E-state index in [1.54, 1.807) is 36.1 Å². The second kappa shape index (κ2) is 5.98. The highest BCUT2D eigenvalue weighted by Gasteiger charge is 2.29. The number of nitrogens with zero attached hydrogens (tertiary/aromatic N) is 2. The maximum Gasteiger partial charge on any atom is 0.258 e. The van der Waals surface area contributed by atoms with Gasteiger partial charge in [0.2, 0.25) is 5.91 Å². The van der Waals surface area contributed by atoms with E-state index in [2.05, 4.69) is 10.3 Å². The molecule has 3 N–H and O–H groups in total. The molecule has 132 valence electrons. The molecule has 1 aliphatic rings. The summed E-state index contributed by atoms with van der Waals surface area (Å²) in [4.78, 5) is 28.8. The van der Waals surface area contributed by atoms with Crippen molar-refractivity contribution in [3.63, 3.8) is 0 Å². The lowest BCUT2D eigenvalue weighted by atomic mass is 9.98. The lowest BCUT2D eigenvalue weighted by Crippen LogP contribution is -2.19. The molecule has 1 fully saturated rings. The van der Waals surface area contributed by atoms with Crippen LogP contribution >= 0.6 is 0 Å². The first-order valence-corrected chi connectivity index (χ1v) is 8.61. The molecule has 3 aromatic rings. The summed E-state index contributed by atoms with van der Waals surface area (Å²) in [7, 11) is 1.73. The van der Waals surface area contributed by atoms with Crippen molar-refractivity contribution in [3.8, 4) is 11.1 Å². The minimum absolute atomic E-state index is 0.00810. The number of carbonyl (C=O) groups excluding carboxylic acids is 1. The number of pyridine rings is 2. The number of benzene rings is 1. The Morgan fingerprint density at radius 1 is 1.31 bits per heavy atom. The molecule has 1 aliphatic carbocycles. The van der Waals surface area contributed by atoms with Gasteiger partial charge in [-0.3, -0.25) is 9.59 Å². The normalized spacial score (nSPS) is 13.8. The number of hydrogen-bond donors (Lipinski definition) is 2. The Hall–Kier alpha value is -3.15. The van der Waals surface area contributed by atoms with Crippen molar-refractivity contribution in [1.82, 2.24) is 9.55 Å². The molecule has 2 heterocycles. The summed E-state index contributed by atoms with van der Waals surface area (Å²) in [5, 5.41) is 4.48. The molecule has 4 rings (SSSR count). The van der Waals surface area contributed by atoms with Crippen LogP contribution in [0.5, 0.6) is 0 Å². The van der Waals surface area contributed by atoms with E-state index in [0.717, 1.165) is 34.7 Å². The molecule has 26 heavy (non-hydrogen) atoms. The monoisotopic (exact) mass is 348 g/mol. The molecule has 6 nitrogen and oxygen atoms in total. The number of anilines is 2. The van der Waals surface area contributed by atoms with Crippen LogP contribution in [-0.2, 0) is 11.8 Å². The topological polar surface area (TPSA) is 90.0 Å². The minimum Gasteiger partial charge on any atom is -0.398 e. The number of amides is 1. The Morgan fingerprint density at radius 2 is 2.08 bits per heavy atom. The van der Waals surface area contributed by atoms with Gasteiger partial charge in [-0.2, -0.15) is 0 Å². The van der Waals surface area contributed by atoms with E-state index in [-0.39, 0.29) is 17.4 Å². The van der Waals surface area contributed by atoms with Crippen LogP contribution in [0, 0.1) is 12.8 Å². The van der Waals surface area contributed by atoms with Gasteiger partial charge >= 0.3 is 0 Å². The number of fused-ring (bicyclic) bond motifs is 1. The van der Waals surface area contributed by atoms with Crippen LogP contribution in [0.1, 0.15) is 18.4 Å². The van der Waals surface area contributed by atoms with E-state index in [1.165, 1.54) is 0 Å². The molecular formula is C20H20N4O2. The van der Waals surface area contributed by atoms with Crippen molar-refractivity contribution in [2.75, 3.05) is 11.1 Å². The first-order valence-electron chi connectivity index (χ1n) is 8.61. The van der Waals surface area contributed by atoms with Crippen molar-refractivity contribution in [2.24, 2.45) is 13.0 Å². The molecule has 6 heteroatoms. The molecule has 0 aliphatic heterocycles. The number of hydrogen-bond acceptors (Lipinski definition) is 4. The summed E-state index contributed by atoms with van der Waals surface area (Å²) in [6.07, 6.45) is 5.29. The fourth-order valence-corrected chi connectivity index (χ4v) is 3.14. The maximum atomic E-state index is 12.6. The van der Waals surface area contributed by atoms with Crippen molar-refractivity contribution in [1.29, 1.82) is 0 Å². The van der Waals surface area contributed by atoms with Gasteiger partial charge in [-0.15, -0.1) is 0 Å². The molecule has 0 unspecified atom stereocenters. The Balaban J connectivity index is 1.83. The van der Waals surface area contributed by atoms with E-state index >= 15 is 0 Å². The summed E-state index contributed by atoms with van der Waals surface area (Å²) in [6.45, 7) is 1.91. The summed E-state index contributed by atoms with van der Waals surface area (Å²) >= 11 is 0. The third-order valence-corrected chi connectivity index (χ3v) is 4.83. The Labute approximate surface area is 150 Å². The maximum absolute atomic E-state index is 12.6. The van der Waals surface area contributed by atoms with E-state index in [1.807, 2.05) is 19.1 Å². The van der Waals surface area contributed by atoms with Gasteiger partial charge in [-0.05, 0) is 60.5 Å². The molecule has 1 aromatic carbocycles. The van der Waals surface area contributed by atoms with Crippen LogP contribution in [0.25, 0.3) is 21.9 Å². The molecule has 0 spiro atoms. The van der Waals surface area contributed by atoms with Crippen LogP contribution in [0.15, 0.2) is 41.5 Å². The summed E-state index contributed by atoms with van der Waals surface area (Å²) in [6, 6.07) is 7.43. The molecule has 0 bridgehead atoms. The van der Waals surface area contributed by atoms with Crippen molar-refractivity contribution < 1.29 is 4.79 Å². The van der Waals surface area contributed by atoms with E-state index < -0.39 is 0 Å². The van der Waals surface area contributed by atoms with Crippen LogP contribution in [0.2, 0.25) is 0 Å². The Kier molecular flexibility index (Phi) is 3.76. The molecular weight excluding hydrogens is 328 g/mol. The SMILES string of the molecule is Cc1ccn(C)c(=O)c1-c1cc(N)c2cnc(NC(=O)C3CC3)cc2c1. The predicted octanol–water partition coefficient (Wildman–Crippen LogP) is 2.84. The zero-order chi connectivity index (χ0) is 18.4. The number of aryl methyl sites for hydroxylation is 2. The summed E-state index contributed by atoms with van der Waals surface area (Å²) in [5.74, 6) is 0.622. The van der Waals surface area contributed by atoms with Gasteiger partial charge in [0.25, 0.3) is 5.56 Å². The van der Waals surface area contributed by atoms with Gasteiger partial charge in [0.15, 0.2) is 0 Å². The van der Waals surface area contributed by atoms with Crippen molar-refractivity contribution in [2.45, 2.75) is 19.8 Å². The number of rotatable bonds is 3. The third-order valence-electron chi connectivity index (χ3n) is 4.83. The van der Waals surface area contributed by atoms with Gasteiger partial charge in [-0.25, -0.2) is 4.98 Å². The molecule has 0 atom stereocenters. The van der Waals surface area contributed by atoms with Crippen LogP contribution in [0.3, 0.4) is 0 Å². The molecule has 1 saturated carbocycles. The van der Waals surface area contributed by atoms with Crippen molar-refractivity contribution in [3.05, 3.63) is 52.6 Å². The smallest absolute Gasteiger partial charge is 0.258 e. The van der Waals surface area contributed by atoms with Gasteiger partial charge in [0, 0.05) is 36.4 Å². The number of aromatic nitrogens is 2. The summed E-state index contributed by atoms with van der Waals surface area (Å²) in [5.41, 5.74) is 8.97.